The Hall–Kier alpha value is -2.25. The predicted octanol–water partition coefficient (Wildman–Crippen LogP) is 4.08. The van der Waals surface area contributed by atoms with Crippen molar-refractivity contribution in [1.82, 2.24) is 0 Å². The number of allylic oxidation sites excluding steroid dienone is 2. The summed E-state index contributed by atoms with van der Waals surface area (Å²) in [6, 6.07) is 7.70. The van der Waals surface area contributed by atoms with Gasteiger partial charge in [-0.05, 0) is 61.1 Å². The zero-order valence-corrected chi connectivity index (χ0v) is 16.5. The van der Waals surface area contributed by atoms with Crippen LogP contribution in [0.5, 0.6) is 5.75 Å². The van der Waals surface area contributed by atoms with E-state index in [0.29, 0.717) is 23.5 Å². The molecule has 150 valence electrons. The van der Waals surface area contributed by atoms with Crippen LogP contribution in [0.2, 0.25) is 0 Å². The van der Waals surface area contributed by atoms with E-state index in [1.54, 1.807) is 6.07 Å². The first kappa shape index (κ1) is 20.5. The normalized spacial score (nSPS) is 25.9. The molecule has 0 saturated heterocycles. The maximum absolute atomic E-state index is 10.7. The minimum atomic E-state index is -0.975. The number of carbonyl (C=O) groups is 1. The van der Waals surface area contributed by atoms with Crippen molar-refractivity contribution in [2.45, 2.75) is 51.6 Å². The highest BCUT2D eigenvalue weighted by Gasteiger charge is 2.43. The van der Waals surface area contributed by atoms with Crippen molar-refractivity contribution in [2.75, 3.05) is 6.61 Å². The molecule has 5 atom stereocenters. The van der Waals surface area contributed by atoms with Gasteiger partial charge in [0.1, 0.15) is 11.9 Å². The molecule has 3 rings (SSSR count). The standard InChI is InChI=1S/C24H30O4/c1-2-3-4-7-20(25)11-12-22-18-9-10-19(15-18)23(22)14-17-6-5-8-21(13-17)28-16-24(26)27/h5-6,8-10,13,18-20,22-23,25H,2-4,7,14-16H2,1H3,(H,26,27)/t18-,19+,20+,22+,23-/m1/s1. The van der Waals surface area contributed by atoms with Gasteiger partial charge in [-0.25, -0.2) is 4.79 Å². The van der Waals surface area contributed by atoms with Crippen molar-refractivity contribution in [3.63, 3.8) is 0 Å². The van der Waals surface area contributed by atoms with E-state index in [1.807, 2.05) is 12.1 Å². The van der Waals surface area contributed by atoms with E-state index in [2.05, 4.69) is 37.0 Å². The molecule has 4 nitrogen and oxygen atoms in total. The molecule has 0 heterocycles. The predicted molar refractivity (Wildman–Crippen MR) is 109 cm³/mol. The molecular weight excluding hydrogens is 352 g/mol. The van der Waals surface area contributed by atoms with Crippen LogP contribution in [0.25, 0.3) is 0 Å². The van der Waals surface area contributed by atoms with E-state index in [4.69, 9.17) is 9.84 Å². The maximum Gasteiger partial charge on any atom is 0.341 e. The van der Waals surface area contributed by atoms with Crippen molar-refractivity contribution in [3.8, 4) is 17.6 Å². The van der Waals surface area contributed by atoms with Gasteiger partial charge in [-0.15, -0.1) is 0 Å². The highest BCUT2D eigenvalue weighted by Crippen LogP contribution is 2.49. The molecule has 1 saturated carbocycles. The Morgan fingerprint density at radius 1 is 1.29 bits per heavy atom. The van der Waals surface area contributed by atoms with Gasteiger partial charge in [-0.2, -0.15) is 0 Å². The fourth-order valence-electron chi connectivity index (χ4n) is 4.45. The lowest BCUT2D eigenvalue weighted by atomic mass is 9.79. The van der Waals surface area contributed by atoms with Crippen LogP contribution in [0.3, 0.4) is 0 Å². The van der Waals surface area contributed by atoms with Crippen molar-refractivity contribution < 1.29 is 19.7 Å². The Bertz CT molecular complexity index is 757. The number of unbranched alkanes of at least 4 members (excludes halogenated alkanes) is 2. The zero-order chi connectivity index (χ0) is 19.9. The number of aliphatic hydroxyl groups excluding tert-OH is 1. The van der Waals surface area contributed by atoms with Crippen LogP contribution in [-0.2, 0) is 11.2 Å². The number of aliphatic hydroxyl groups is 1. The minimum absolute atomic E-state index is 0.277. The Balaban J connectivity index is 1.65. The molecule has 2 bridgehead atoms. The molecule has 0 aromatic heterocycles. The average molecular weight is 383 g/mol. The van der Waals surface area contributed by atoms with E-state index < -0.39 is 12.1 Å². The third-order valence-corrected chi connectivity index (χ3v) is 5.85. The quantitative estimate of drug-likeness (QED) is 0.384. The van der Waals surface area contributed by atoms with E-state index >= 15 is 0 Å². The summed E-state index contributed by atoms with van der Waals surface area (Å²) in [5.41, 5.74) is 1.14. The molecular formula is C24H30O4. The second kappa shape index (κ2) is 9.80. The molecule has 28 heavy (non-hydrogen) atoms. The monoisotopic (exact) mass is 382 g/mol. The number of carboxylic acid groups (broad SMARTS) is 1. The van der Waals surface area contributed by atoms with Gasteiger partial charge in [0, 0.05) is 5.92 Å². The first-order valence-corrected chi connectivity index (χ1v) is 10.4. The lowest BCUT2D eigenvalue weighted by Crippen LogP contribution is -2.21. The number of ether oxygens (including phenoxy) is 1. The van der Waals surface area contributed by atoms with Crippen LogP contribution in [0.15, 0.2) is 36.4 Å². The number of hydrogen-bond acceptors (Lipinski definition) is 3. The van der Waals surface area contributed by atoms with Gasteiger partial charge in [-0.3, -0.25) is 0 Å². The number of benzene rings is 1. The number of aliphatic carboxylic acids is 1. The molecule has 0 unspecified atom stereocenters. The van der Waals surface area contributed by atoms with Crippen molar-refractivity contribution in [2.24, 2.45) is 23.7 Å². The summed E-state index contributed by atoms with van der Waals surface area (Å²) in [7, 11) is 0. The molecule has 1 fully saturated rings. The Labute approximate surface area is 167 Å². The molecule has 2 aliphatic rings. The second-order valence-corrected chi connectivity index (χ2v) is 7.97. The molecule has 2 N–H and O–H groups in total. The van der Waals surface area contributed by atoms with Gasteiger partial charge in [0.25, 0.3) is 0 Å². The molecule has 0 aliphatic heterocycles. The summed E-state index contributed by atoms with van der Waals surface area (Å²) in [5.74, 6) is 7.85. The van der Waals surface area contributed by atoms with E-state index in [-0.39, 0.29) is 12.5 Å². The van der Waals surface area contributed by atoms with Crippen LogP contribution < -0.4 is 4.74 Å². The third-order valence-electron chi connectivity index (χ3n) is 5.85. The summed E-state index contributed by atoms with van der Waals surface area (Å²) in [5, 5.41) is 19.0. The van der Waals surface area contributed by atoms with Crippen LogP contribution in [0.1, 0.15) is 44.6 Å². The molecule has 0 spiro atoms. The summed E-state index contributed by atoms with van der Waals surface area (Å²) in [4.78, 5) is 10.7. The SMILES string of the molecule is CCCCC[C@H](O)C#C[C@@H]1[C@H](Cc2cccc(OCC(=O)O)c2)[C@H]2C=C[C@@H]1C2. The maximum atomic E-state index is 10.7. The van der Waals surface area contributed by atoms with Gasteiger partial charge in [0.05, 0.1) is 0 Å². The van der Waals surface area contributed by atoms with Gasteiger partial charge < -0.3 is 14.9 Å². The van der Waals surface area contributed by atoms with Gasteiger partial charge in [0.2, 0.25) is 0 Å². The number of rotatable bonds is 9. The van der Waals surface area contributed by atoms with Crippen molar-refractivity contribution in [3.05, 3.63) is 42.0 Å². The summed E-state index contributed by atoms with van der Waals surface area (Å²) >= 11 is 0. The summed E-state index contributed by atoms with van der Waals surface area (Å²) < 4.78 is 5.31. The van der Waals surface area contributed by atoms with Crippen LogP contribution in [-0.4, -0.2) is 28.9 Å². The number of hydrogen-bond donors (Lipinski definition) is 2. The Morgan fingerprint density at radius 2 is 2.11 bits per heavy atom. The summed E-state index contributed by atoms with van der Waals surface area (Å²) in [6.45, 7) is 1.83. The lowest BCUT2D eigenvalue weighted by Gasteiger charge is -2.24. The van der Waals surface area contributed by atoms with Crippen molar-refractivity contribution in [1.29, 1.82) is 0 Å². The second-order valence-electron chi connectivity index (χ2n) is 7.97. The first-order chi connectivity index (χ1) is 13.6. The Morgan fingerprint density at radius 3 is 2.89 bits per heavy atom. The smallest absolute Gasteiger partial charge is 0.341 e. The van der Waals surface area contributed by atoms with Crippen LogP contribution >= 0.6 is 0 Å². The largest absolute Gasteiger partial charge is 0.482 e. The van der Waals surface area contributed by atoms with Gasteiger partial charge >= 0.3 is 5.97 Å². The molecule has 1 aromatic carbocycles. The van der Waals surface area contributed by atoms with Crippen LogP contribution in [0.4, 0.5) is 0 Å². The van der Waals surface area contributed by atoms with E-state index in [1.165, 1.54) is 0 Å². The van der Waals surface area contributed by atoms with Gasteiger partial charge in [0.15, 0.2) is 6.61 Å². The van der Waals surface area contributed by atoms with Gasteiger partial charge in [-0.1, -0.05) is 55.9 Å². The Kier molecular flexibility index (Phi) is 7.17. The zero-order valence-electron chi connectivity index (χ0n) is 16.5. The van der Waals surface area contributed by atoms with E-state index in [9.17, 15) is 9.90 Å². The number of fused-ring (bicyclic) bond motifs is 2. The highest BCUT2D eigenvalue weighted by molar-refractivity contribution is 5.68. The van der Waals surface area contributed by atoms with E-state index in [0.717, 1.165) is 44.1 Å². The topological polar surface area (TPSA) is 66.8 Å². The molecule has 0 amide bonds. The average Bonchev–Trinajstić information content (AvgIpc) is 3.27. The molecule has 4 heteroatoms. The minimum Gasteiger partial charge on any atom is -0.482 e. The third kappa shape index (κ3) is 5.39. The fraction of sp³-hybridized carbons (Fsp3) is 0.542. The lowest BCUT2D eigenvalue weighted by molar-refractivity contribution is -0.139. The number of carboxylic acids is 1. The molecule has 1 aromatic rings. The van der Waals surface area contributed by atoms with Crippen molar-refractivity contribution >= 4 is 5.97 Å². The highest BCUT2D eigenvalue weighted by atomic mass is 16.5. The summed E-state index contributed by atoms with van der Waals surface area (Å²) in [6.07, 6.45) is 10.2. The first-order valence-electron chi connectivity index (χ1n) is 10.4. The fourth-order valence-corrected chi connectivity index (χ4v) is 4.45. The molecule has 2 aliphatic carbocycles. The molecule has 0 radical (unpaired) electrons. The van der Waals surface area contributed by atoms with Crippen LogP contribution in [0, 0.1) is 35.5 Å².